The van der Waals surface area contributed by atoms with Gasteiger partial charge in [0.05, 0.1) is 11.9 Å². The highest BCUT2D eigenvalue weighted by atomic mass is 32.2. The van der Waals surface area contributed by atoms with Gasteiger partial charge in [-0.2, -0.15) is 11.8 Å². The Morgan fingerprint density at radius 3 is 3.17 bits per heavy atom. The summed E-state index contributed by atoms with van der Waals surface area (Å²) in [7, 11) is 0. The number of carbonyl (C=O) groups excluding carboxylic acids is 1. The minimum atomic E-state index is -0.0188. The minimum absolute atomic E-state index is 0.0188. The van der Waals surface area contributed by atoms with Gasteiger partial charge in [-0.3, -0.25) is 4.79 Å². The lowest BCUT2D eigenvalue weighted by atomic mass is 10.2. The molecule has 1 unspecified atom stereocenters. The highest BCUT2D eigenvalue weighted by molar-refractivity contribution is 7.99. The maximum Gasteiger partial charge on any atom is 0.241 e. The van der Waals surface area contributed by atoms with Crippen molar-refractivity contribution in [3.8, 4) is 0 Å². The fraction of sp³-hybridized carbons (Fsp3) is 0.727. The maximum atomic E-state index is 11.7. The standard InChI is InChI=1S/C11H19N5OS/c12-5-9-7-16(15-14-9)8-11(17)13-6-10-3-1-2-4-18-10/h7,10H,1-6,8,12H2,(H,13,17). The predicted octanol–water partition coefficient (Wildman–Crippen LogP) is 0.139. The monoisotopic (exact) mass is 269 g/mol. The van der Waals surface area contributed by atoms with E-state index in [1.807, 2.05) is 11.8 Å². The Balaban J connectivity index is 1.71. The third-order valence-corrected chi connectivity index (χ3v) is 4.30. The largest absolute Gasteiger partial charge is 0.353 e. The molecule has 1 aliphatic rings. The molecule has 6 nitrogen and oxygen atoms in total. The minimum Gasteiger partial charge on any atom is -0.353 e. The fourth-order valence-electron chi connectivity index (χ4n) is 1.91. The molecule has 0 saturated carbocycles. The van der Waals surface area contributed by atoms with Crippen molar-refractivity contribution in [2.24, 2.45) is 5.73 Å². The van der Waals surface area contributed by atoms with Crippen LogP contribution >= 0.6 is 11.8 Å². The van der Waals surface area contributed by atoms with Crippen LogP contribution in [0.4, 0.5) is 0 Å². The van der Waals surface area contributed by atoms with Crippen LogP contribution in [0.5, 0.6) is 0 Å². The molecule has 1 amide bonds. The zero-order valence-corrected chi connectivity index (χ0v) is 11.2. The normalized spacial score (nSPS) is 19.7. The Morgan fingerprint density at radius 2 is 2.50 bits per heavy atom. The third kappa shape index (κ3) is 3.99. The van der Waals surface area contributed by atoms with Gasteiger partial charge in [0.15, 0.2) is 0 Å². The Labute approximate surface area is 111 Å². The molecule has 2 heterocycles. The summed E-state index contributed by atoms with van der Waals surface area (Å²) >= 11 is 1.95. The molecule has 0 bridgehead atoms. The molecule has 100 valence electrons. The van der Waals surface area contributed by atoms with E-state index in [-0.39, 0.29) is 12.5 Å². The van der Waals surface area contributed by atoms with Crippen molar-refractivity contribution in [2.45, 2.75) is 37.6 Å². The number of nitrogens with two attached hydrogens (primary N) is 1. The van der Waals surface area contributed by atoms with E-state index in [9.17, 15) is 4.79 Å². The summed E-state index contributed by atoms with van der Waals surface area (Å²) in [6.45, 7) is 1.31. The van der Waals surface area contributed by atoms with Crippen LogP contribution in [0.2, 0.25) is 0 Å². The number of nitrogens with one attached hydrogen (secondary N) is 1. The molecule has 18 heavy (non-hydrogen) atoms. The lowest BCUT2D eigenvalue weighted by molar-refractivity contribution is -0.121. The summed E-state index contributed by atoms with van der Waals surface area (Å²) in [5, 5.41) is 11.2. The van der Waals surface area contributed by atoms with Gasteiger partial charge < -0.3 is 11.1 Å². The van der Waals surface area contributed by atoms with Crippen LogP contribution < -0.4 is 11.1 Å². The van der Waals surface area contributed by atoms with Gasteiger partial charge in [-0.15, -0.1) is 5.10 Å². The van der Waals surface area contributed by atoms with Crippen molar-refractivity contribution in [3.05, 3.63) is 11.9 Å². The Hall–Kier alpha value is -1.08. The van der Waals surface area contributed by atoms with E-state index in [4.69, 9.17) is 5.73 Å². The average molecular weight is 269 g/mol. The molecule has 3 N–H and O–H groups in total. The zero-order valence-electron chi connectivity index (χ0n) is 10.3. The van der Waals surface area contributed by atoms with Crippen molar-refractivity contribution < 1.29 is 4.79 Å². The summed E-state index contributed by atoms with van der Waals surface area (Å²) in [5.41, 5.74) is 6.13. The Bertz CT molecular complexity index is 389. The third-order valence-electron chi connectivity index (χ3n) is 2.90. The molecule has 1 fully saturated rings. The number of hydrogen-bond donors (Lipinski definition) is 2. The molecular formula is C11H19N5OS. The molecule has 0 spiro atoms. The molecule has 7 heteroatoms. The average Bonchev–Trinajstić information content (AvgIpc) is 2.85. The molecule has 0 aliphatic carbocycles. The Kier molecular flexibility index (Phi) is 5.00. The lowest BCUT2D eigenvalue weighted by Crippen LogP contribution is -2.34. The van der Waals surface area contributed by atoms with Crippen molar-refractivity contribution in [3.63, 3.8) is 0 Å². The number of thioether (sulfide) groups is 1. The van der Waals surface area contributed by atoms with E-state index in [0.29, 0.717) is 17.5 Å². The molecular weight excluding hydrogens is 250 g/mol. The summed E-state index contributed by atoms with van der Waals surface area (Å²) in [6.07, 6.45) is 5.48. The topological polar surface area (TPSA) is 85.8 Å². The van der Waals surface area contributed by atoms with Gasteiger partial charge >= 0.3 is 0 Å². The number of hydrogen-bond acceptors (Lipinski definition) is 5. The summed E-state index contributed by atoms with van der Waals surface area (Å²) in [5.74, 6) is 1.19. The molecule has 0 aromatic carbocycles. The highest BCUT2D eigenvalue weighted by Gasteiger charge is 2.14. The van der Waals surface area contributed by atoms with Gasteiger partial charge in [0.25, 0.3) is 0 Å². The van der Waals surface area contributed by atoms with E-state index in [2.05, 4.69) is 15.6 Å². The van der Waals surface area contributed by atoms with Crippen LogP contribution in [0.1, 0.15) is 25.0 Å². The van der Waals surface area contributed by atoms with Crippen LogP contribution in [0.3, 0.4) is 0 Å². The first-order valence-corrected chi connectivity index (χ1v) is 7.30. The fourth-order valence-corrected chi connectivity index (χ4v) is 3.15. The first kappa shape index (κ1) is 13.4. The van der Waals surface area contributed by atoms with E-state index < -0.39 is 0 Å². The number of amides is 1. The van der Waals surface area contributed by atoms with E-state index in [1.165, 1.54) is 29.7 Å². The smallest absolute Gasteiger partial charge is 0.241 e. The van der Waals surface area contributed by atoms with Gasteiger partial charge in [-0.1, -0.05) is 11.6 Å². The first-order valence-electron chi connectivity index (χ1n) is 6.25. The molecule has 1 aliphatic heterocycles. The number of rotatable bonds is 5. The van der Waals surface area contributed by atoms with Crippen molar-refractivity contribution >= 4 is 17.7 Å². The van der Waals surface area contributed by atoms with E-state index in [0.717, 1.165) is 6.54 Å². The molecule has 2 rings (SSSR count). The van der Waals surface area contributed by atoms with Gasteiger partial charge in [0, 0.05) is 18.3 Å². The maximum absolute atomic E-state index is 11.7. The number of aromatic nitrogens is 3. The highest BCUT2D eigenvalue weighted by Crippen LogP contribution is 2.24. The second-order valence-corrected chi connectivity index (χ2v) is 5.81. The summed E-state index contributed by atoms with van der Waals surface area (Å²) in [6, 6.07) is 0. The number of nitrogens with zero attached hydrogens (tertiary/aromatic N) is 3. The second kappa shape index (κ2) is 6.75. The summed E-state index contributed by atoms with van der Waals surface area (Å²) in [4.78, 5) is 11.7. The van der Waals surface area contributed by atoms with Gasteiger partial charge in [-0.25, -0.2) is 4.68 Å². The van der Waals surface area contributed by atoms with Crippen LogP contribution in [-0.2, 0) is 17.9 Å². The van der Waals surface area contributed by atoms with Crippen molar-refractivity contribution in [2.75, 3.05) is 12.3 Å². The quantitative estimate of drug-likeness (QED) is 0.794. The van der Waals surface area contributed by atoms with Gasteiger partial charge in [0.2, 0.25) is 5.91 Å². The first-order chi connectivity index (χ1) is 8.78. The van der Waals surface area contributed by atoms with Crippen LogP contribution in [0.25, 0.3) is 0 Å². The molecule has 1 saturated heterocycles. The van der Waals surface area contributed by atoms with Crippen LogP contribution in [0.15, 0.2) is 6.20 Å². The predicted molar refractivity (Wildman–Crippen MR) is 71.0 cm³/mol. The molecule has 1 aromatic rings. The SMILES string of the molecule is NCc1cn(CC(=O)NCC2CCCCS2)nn1. The Morgan fingerprint density at radius 1 is 1.61 bits per heavy atom. The zero-order chi connectivity index (χ0) is 12.8. The molecule has 1 atom stereocenters. The van der Waals surface area contributed by atoms with Gasteiger partial charge in [-0.05, 0) is 18.6 Å². The van der Waals surface area contributed by atoms with Crippen molar-refractivity contribution in [1.82, 2.24) is 20.3 Å². The van der Waals surface area contributed by atoms with E-state index >= 15 is 0 Å². The number of carbonyl (C=O) groups is 1. The van der Waals surface area contributed by atoms with Crippen LogP contribution in [-0.4, -0.2) is 38.4 Å². The molecule has 0 radical (unpaired) electrons. The summed E-state index contributed by atoms with van der Waals surface area (Å²) < 4.78 is 1.52. The second-order valence-electron chi connectivity index (χ2n) is 4.40. The van der Waals surface area contributed by atoms with Gasteiger partial charge in [0.1, 0.15) is 6.54 Å². The van der Waals surface area contributed by atoms with Crippen LogP contribution in [0, 0.1) is 0 Å². The van der Waals surface area contributed by atoms with E-state index in [1.54, 1.807) is 6.20 Å². The lowest BCUT2D eigenvalue weighted by Gasteiger charge is -2.21. The van der Waals surface area contributed by atoms with Crippen molar-refractivity contribution in [1.29, 1.82) is 0 Å². The molecule has 1 aromatic heterocycles.